The van der Waals surface area contributed by atoms with E-state index in [0.29, 0.717) is 46.8 Å². The number of anilines is 4. The fourth-order valence-electron chi connectivity index (χ4n) is 4.30. The van der Waals surface area contributed by atoms with Gasteiger partial charge < -0.3 is 30.2 Å². The van der Waals surface area contributed by atoms with Crippen molar-refractivity contribution in [2.24, 2.45) is 0 Å². The molecule has 3 aromatic rings. The summed E-state index contributed by atoms with van der Waals surface area (Å²) in [7, 11) is 4.65. The van der Waals surface area contributed by atoms with Crippen LogP contribution in [0.2, 0.25) is 0 Å². The lowest BCUT2D eigenvalue weighted by molar-refractivity contribution is -0.116. The fraction of sp³-hybridized carbons (Fsp3) is 0.320. The number of hydrogen-bond acceptors (Lipinski definition) is 8. The molecule has 0 bridgehead atoms. The number of nitrogens with one attached hydrogen (secondary N) is 1. The Morgan fingerprint density at radius 2 is 1.76 bits per heavy atom. The average molecular weight is 464 g/mol. The maximum Gasteiger partial charge on any atom is 0.229 e. The van der Waals surface area contributed by atoms with Crippen molar-refractivity contribution >= 4 is 29.0 Å². The highest BCUT2D eigenvalue weighted by Gasteiger charge is 2.37. The minimum absolute atomic E-state index is 0.0121. The highest BCUT2D eigenvalue weighted by atomic mass is 16.5. The Morgan fingerprint density at radius 3 is 2.32 bits per heavy atom. The van der Waals surface area contributed by atoms with Crippen LogP contribution in [-0.2, 0) is 10.2 Å². The number of carbonyl (C=O) groups excluding carboxylic acids is 1. The number of carbonyl (C=O) groups is 1. The van der Waals surface area contributed by atoms with Gasteiger partial charge in [0.1, 0.15) is 5.82 Å². The zero-order chi connectivity index (χ0) is 24.6. The van der Waals surface area contributed by atoms with Gasteiger partial charge in [-0.15, -0.1) is 0 Å². The first-order valence-electron chi connectivity index (χ1n) is 10.8. The second kappa shape index (κ2) is 8.74. The summed E-state index contributed by atoms with van der Waals surface area (Å²) in [5, 5.41) is 3.13. The molecular weight excluding hydrogens is 434 g/mol. The summed E-state index contributed by atoms with van der Waals surface area (Å²) in [6.45, 7) is 6.49. The van der Waals surface area contributed by atoms with Crippen LogP contribution in [0.15, 0.2) is 36.5 Å². The standard InChI is InChI=1S/C25H29N5O4/c1-14(31)30-13-25(2,3)18-8-7-15(9-19(18)30)17-12-27-24(29-23(17)26)28-16-10-20(32-4)22(34-6)21(11-16)33-5/h7-12H,13H2,1-6H3,(H3,26,27,28,29). The summed E-state index contributed by atoms with van der Waals surface area (Å²) in [4.78, 5) is 22.9. The molecule has 1 aliphatic rings. The van der Waals surface area contributed by atoms with Crippen molar-refractivity contribution in [3.05, 3.63) is 42.1 Å². The summed E-state index contributed by atoms with van der Waals surface area (Å²) in [6.07, 6.45) is 1.67. The van der Waals surface area contributed by atoms with Gasteiger partial charge in [0.05, 0.1) is 21.3 Å². The zero-order valence-corrected chi connectivity index (χ0v) is 20.2. The fourth-order valence-corrected chi connectivity index (χ4v) is 4.30. The first-order valence-corrected chi connectivity index (χ1v) is 10.8. The largest absolute Gasteiger partial charge is 0.493 e. The third-order valence-corrected chi connectivity index (χ3v) is 6.00. The molecule has 3 N–H and O–H groups in total. The molecule has 0 radical (unpaired) electrons. The van der Waals surface area contributed by atoms with Gasteiger partial charge in [0, 0.05) is 54.2 Å². The predicted molar refractivity (Wildman–Crippen MR) is 132 cm³/mol. The maximum absolute atomic E-state index is 12.2. The van der Waals surface area contributed by atoms with Crippen molar-refractivity contribution < 1.29 is 19.0 Å². The molecular formula is C25H29N5O4. The van der Waals surface area contributed by atoms with Gasteiger partial charge in [-0.2, -0.15) is 4.98 Å². The number of hydrogen-bond donors (Lipinski definition) is 2. The summed E-state index contributed by atoms with van der Waals surface area (Å²) in [6, 6.07) is 9.54. The van der Waals surface area contributed by atoms with E-state index in [1.807, 2.05) is 12.1 Å². The number of nitrogen functional groups attached to an aromatic ring is 1. The van der Waals surface area contributed by atoms with Crippen molar-refractivity contribution in [1.29, 1.82) is 0 Å². The average Bonchev–Trinajstić information content (AvgIpc) is 3.08. The van der Waals surface area contributed by atoms with Crippen LogP contribution < -0.4 is 30.2 Å². The van der Waals surface area contributed by atoms with Crippen LogP contribution in [0.4, 0.5) is 23.1 Å². The molecule has 2 aromatic carbocycles. The van der Waals surface area contributed by atoms with Crippen LogP contribution in [0.25, 0.3) is 11.1 Å². The lowest BCUT2D eigenvalue weighted by Crippen LogP contribution is -2.31. The highest BCUT2D eigenvalue weighted by molar-refractivity contribution is 5.96. The number of ether oxygens (including phenoxy) is 3. The molecule has 4 rings (SSSR count). The molecule has 9 nitrogen and oxygen atoms in total. The van der Waals surface area contributed by atoms with Crippen LogP contribution in [0, 0.1) is 0 Å². The number of fused-ring (bicyclic) bond motifs is 1. The molecule has 0 saturated heterocycles. The smallest absolute Gasteiger partial charge is 0.229 e. The van der Waals surface area contributed by atoms with Gasteiger partial charge in [0.15, 0.2) is 11.5 Å². The summed E-state index contributed by atoms with van der Waals surface area (Å²) in [5.74, 6) is 2.15. The zero-order valence-electron chi connectivity index (χ0n) is 20.2. The van der Waals surface area contributed by atoms with Crippen molar-refractivity contribution in [3.63, 3.8) is 0 Å². The number of amides is 1. The molecule has 1 aliphatic heterocycles. The molecule has 0 fully saturated rings. The van der Waals surface area contributed by atoms with E-state index in [2.05, 4.69) is 35.2 Å². The van der Waals surface area contributed by atoms with Crippen LogP contribution >= 0.6 is 0 Å². The number of nitrogens with zero attached hydrogens (tertiary/aromatic N) is 3. The third-order valence-electron chi connectivity index (χ3n) is 6.00. The van der Waals surface area contributed by atoms with Gasteiger partial charge in [0.2, 0.25) is 17.6 Å². The van der Waals surface area contributed by atoms with E-state index in [0.717, 1.165) is 16.8 Å². The Bertz CT molecular complexity index is 1230. The van der Waals surface area contributed by atoms with Crippen LogP contribution in [0.1, 0.15) is 26.3 Å². The summed E-state index contributed by atoms with van der Waals surface area (Å²) in [5.41, 5.74) is 10.4. The molecule has 34 heavy (non-hydrogen) atoms. The van der Waals surface area contributed by atoms with Crippen LogP contribution in [0.5, 0.6) is 17.2 Å². The van der Waals surface area contributed by atoms with Gasteiger partial charge in [-0.3, -0.25) is 4.79 Å². The van der Waals surface area contributed by atoms with Gasteiger partial charge in [-0.1, -0.05) is 26.0 Å². The third kappa shape index (κ3) is 4.05. The molecule has 0 saturated carbocycles. The Balaban J connectivity index is 1.66. The topological polar surface area (TPSA) is 112 Å². The minimum atomic E-state index is -0.115. The molecule has 9 heteroatoms. The Morgan fingerprint density at radius 1 is 1.09 bits per heavy atom. The molecule has 0 unspecified atom stereocenters. The van der Waals surface area contributed by atoms with E-state index >= 15 is 0 Å². The van der Waals surface area contributed by atoms with Gasteiger partial charge in [-0.25, -0.2) is 4.98 Å². The van der Waals surface area contributed by atoms with E-state index in [9.17, 15) is 4.79 Å². The summed E-state index contributed by atoms with van der Waals surface area (Å²) >= 11 is 0. The first-order chi connectivity index (χ1) is 16.2. The van der Waals surface area contributed by atoms with Crippen LogP contribution in [-0.4, -0.2) is 43.7 Å². The molecule has 1 aromatic heterocycles. The minimum Gasteiger partial charge on any atom is -0.493 e. The van der Waals surface area contributed by atoms with Crippen molar-refractivity contribution in [2.45, 2.75) is 26.2 Å². The van der Waals surface area contributed by atoms with Crippen molar-refractivity contribution in [3.8, 4) is 28.4 Å². The maximum atomic E-state index is 12.2. The van der Waals surface area contributed by atoms with E-state index in [4.69, 9.17) is 19.9 Å². The Kier molecular flexibility index (Phi) is 5.95. The van der Waals surface area contributed by atoms with Gasteiger partial charge in [0.25, 0.3) is 0 Å². The molecule has 1 amide bonds. The van der Waals surface area contributed by atoms with Crippen molar-refractivity contribution in [2.75, 3.05) is 43.8 Å². The second-order valence-electron chi connectivity index (χ2n) is 8.75. The van der Waals surface area contributed by atoms with E-state index < -0.39 is 0 Å². The number of methoxy groups -OCH3 is 3. The highest BCUT2D eigenvalue weighted by Crippen LogP contribution is 2.43. The molecule has 2 heterocycles. The normalized spacial score (nSPS) is 13.9. The number of benzene rings is 2. The molecule has 0 spiro atoms. The lowest BCUT2D eigenvalue weighted by Gasteiger charge is -2.19. The van der Waals surface area contributed by atoms with Gasteiger partial charge >= 0.3 is 0 Å². The SMILES string of the molecule is COc1cc(Nc2ncc(-c3ccc4c(c3)N(C(C)=O)CC4(C)C)c(N)n2)cc(OC)c1OC. The predicted octanol–water partition coefficient (Wildman–Crippen LogP) is 4.14. The lowest BCUT2D eigenvalue weighted by atomic mass is 9.86. The van der Waals surface area contributed by atoms with E-state index in [1.165, 1.54) is 0 Å². The Hall–Kier alpha value is -4.01. The van der Waals surface area contributed by atoms with Crippen LogP contribution in [0.3, 0.4) is 0 Å². The number of aromatic nitrogens is 2. The monoisotopic (exact) mass is 463 g/mol. The quantitative estimate of drug-likeness (QED) is 0.561. The molecule has 0 atom stereocenters. The molecule has 0 aliphatic carbocycles. The first kappa shape index (κ1) is 23.2. The van der Waals surface area contributed by atoms with E-state index in [-0.39, 0.29) is 11.3 Å². The molecule has 178 valence electrons. The Labute approximate surface area is 198 Å². The number of nitrogens with two attached hydrogens (primary N) is 1. The van der Waals surface area contributed by atoms with Crippen molar-refractivity contribution in [1.82, 2.24) is 9.97 Å². The van der Waals surface area contributed by atoms with Gasteiger partial charge in [-0.05, 0) is 17.2 Å². The number of rotatable bonds is 6. The van der Waals surface area contributed by atoms with E-state index in [1.54, 1.807) is 51.5 Å². The second-order valence-corrected chi connectivity index (χ2v) is 8.75. The summed E-state index contributed by atoms with van der Waals surface area (Å²) < 4.78 is 16.2.